The Morgan fingerprint density at radius 3 is 2.60 bits per heavy atom. The monoisotopic (exact) mass is 267 g/mol. The molecule has 1 aromatic carbocycles. The van der Waals surface area contributed by atoms with Crippen molar-refractivity contribution in [1.82, 2.24) is 4.98 Å². The number of nitriles is 1. The molecule has 0 amide bonds. The fourth-order valence-corrected chi connectivity index (χ4v) is 2.17. The van der Waals surface area contributed by atoms with Crippen molar-refractivity contribution in [2.75, 3.05) is 12.4 Å². The largest absolute Gasteiger partial charge is 0.488 e. The topological polar surface area (TPSA) is 57.9 Å². The summed E-state index contributed by atoms with van der Waals surface area (Å²) < 4.78 is 5.91. The summed E-state index contributed by atoms with van der Waals surface area (Å²) in [6.45, 7) is 4.34. The molecule has 0 saturated heterocycles. The van der Waals surface area contributed by atoms with Crippen LogP contribution in [0.3, 0.4) is 0 Å². The lowest BCUT2D eigenvalue weighted by atomic mass is 10.1. The van der Waals surface area contributed by atoms with E-state index in [4.69, 9.17) is 10.00 Å². The Hall–Kier alpha value is -2.54. The van der Waals surface area contributed by atoms with E-state index in [9.17, 15) is 0 Å². The van der Waals surface area contributed by atoms with Crippen molar-refractivity contribution < 1.29 is 4.74 Å². The van der Waals surface area contributed by atoms with Gasteiger partial charge in [0.1, 0.15) is 18.2 Å². The molecule has 0 unspecified atom stereocenters. The van der Waals surface area contributed by atoms with Crippen LogP contribution < -0.4 is 10.1 Å². The van der Waals surface area contributed by atoms with Crippen LogP contribution in [-0.2, 0) is 6.61 Å². The summed E-state index contributed by atoms with van der Waals surface area (Å²) in [5, 5.41) is 12.0. The van der Waals surface area contributed by atoms with Crippen LogP contribution in [0.5, 0.6) is 5.75 Å². The second-order valence-corrected chi connectivity index (χ2v) is 4.60. The van der Waals surface area contributed by atoms with Crippen LogP contribution in [0.4, 0.5) is 5.82 Å². The molecule has 20 heavy (non-hydrogen) atoms. The number of nitrogens with one attached hydrogen (secondary N) is 1. The van der Waals surface area contributed by atoms with Gasteiger partial charge in [-0.1, -0.05) is 6.07 Å². The molecule has 0 bridgehead atoms. The van der Waals surface area contributed by atoms with Crippen LogP contribution in [-0.4, -0.2) is 12.0 Å². The molecule has 0 radical (unpaired) electrons. The van der Waals surface area contributed by atoms with Crippen LogP contribution in [0, 0.1) is 25.2 Å². The number of hydrogen-bond donors (Lipinski definition) is 1. The molecule has 4 heteroatoms. The van der Waals surface area contributed by atoms with E-state index in [1.807, 2.05) is 45.2 Å². The Balaban J connectivity index is 2.22. The van der Waals surface area contributed by atoms with Crippen molar-refractivity contribution in [1.29, 1.82) is 5.26 Å². The van der Waals surface area contributed by atoms with Crippen molar-refractivity contribution in [2.45, 2.75) is 20.5 Å². The third-order valence-electron chi connectivity index (χ3n) is 3.09. The molecule has 2 rings (SSSR count). The lowest BCUT2D eigenvalue weighted by Crippen LogP contribution is -2.04. The summed E-state index contributed by atoms with van der Waals surface area (Å²) >= 11 is 0. The fourth-order valence-electron chi connectivity index (χ4n) is 2.17. The van der Waals surface area contributed by atoms with E-state index in [-0.39, 0.29) is 0 Å². The van der Waals surface area contributed by atoms with Crippen LogP contribution in [0.15, 0.2) is 30.5 Å². The van der Waals surface area contributed by atoms with Gasteiger partial charge in [0.25, 0.3) is 0 Å². The maximum Gasteiger partial charge on any atom is 0.132 e. The highest BCUT2D eigenvalue weighted by molar-refractivity contribution is 5.48. The summed E-state index contributed by atoms with van der Waals surface area (Å²) in [4.78, 5) is 4.25. The number of benzene rings is 1. The van der Waals surface area contributed by atoms with E-state index in [1.54, 1.807) is 6.20 Å². The molecule has 0 atom stereocenters. The molecule has 0 aliphatic carbocycles. The molecular weight excluding hydrogens is 250 g/mol. The minimum Gasteiger partial charge on any atom is -0.488 e. The van der Waals surface area contributed by atoms with Crippen LogP contribution in [0.2, 0.25) is 0 Å². The van der Waals surface area contributed by atoms with Gasteiger partial charge in [0.05, 0.1) is 11.6 Å². The zero-order chi connectivity index (χ0) is 14.5. The van der Waals surface area contributed by atoms with Gasteiger partial charge in [-0.05, 0) is 43.2 Å². The Bertz CT molecular complexity index is 636. The number of aromatic nitrogens is 1. The summed E-state index contributed by atoms with van der Waals surface area (Å²) in [5.74, 6) is 1.64. The Morgan fingerprint density at radius 1 is 1.30 bits per heavy atom. The second-order valence-electron chi connectivity index (χ2n) is 4.60. The molecule has 1 heterocycles. The van der Waals surface area contributed by atoms with Gasteiger partial charge in [0.15, 0.2) is 0 Å². The molecule has 2 aromatic rings. The molecule has 102 valence electrons. The standard InChI is InChI=1S/C16H17N3O/c1-11-7-13(9-17)8-12(2)15(11)20-10-14-5-4-6-19-16(14)18-3/h4-8H,10H2,1-3H3,(H,18,19). The highest BCUT2D eigenvalue weighted by Crippen LogP contribution is 2.26. The van der Waals surface area contributed by atoms with Crippen molar-refractivity contribution in [3.63, 3.8) is 0 Å². The van der Waals surface area contributed by atoms with Crippen LogP contribution >= 0.6 is 0 Å². The highest BCUT2D eigenvalue weighted by atomic mass is 16.5. The first-order valence-electron chi connectivity index (χ1n) is 6.41. The number of pyridine rings is 1. The quantitative estimate of drug-likeness (QED) is 0.924. The van der Waals surface area contributed by atoms with E-state index in [2.05, 4.69) is 16.4 Å². The third-order valence-corrected chi connectivity index (χ3v) is 3.09. The van der Waals surface area contributed by atoms with E-state index >= 15 is 0 Å². The average molecular weight is 267 g/mol. The lowest BCUT2D eigenvalue weighted by molar-refractivity contribution is 0.302. The molecule has 0 saturated carbocycles. The molecular formula is C16H17N3O. The number of hydrogen-bond acceptors (Lipinski definition) is 4. The van der Waals surface area contributed by atoms with E-state index in [0.29, 0.717) is 12.2 Å². The van der Waals surface area contributed by atoms with E-state index in [0.717, 1.165) is 28.3 Å². The SMILES string of the molecule is CNc1ncccc1COc1c(C)cc(C#N)cc1C. The van der Waals surface area contributed by atoms with Gasteiger partial charge in [-0.15, -0.1) is 0 Å². The summed E-state index contributed by atoms with van der Waals surface area (Å²) in [5.41, 5.74) is 3.59. The number of nitrogens with zero attached hydrogens (tertiary/aromatic N) is 2. The van der Waals surface area contributed by atoms with Gasteiger partial charge in [0.2, 0.25) is 0 Å². The number of anilines is 1. The summed E-state index contributed by atoms with van der Waals surface area (Å²) in [7, 11) is 1.84. The van der Waals surface area contributed by atoms with Gasteiger partial charge in [0, 0.05) is 18.8 Å². The first kappa shape index (κ1) is 13.9. The predicted octanol–water partition coefficient (Wildman–Crippen LogP) is 3.19. The number of ether oxygens (including phenoxy) is 1. The summed E-state index contributed by atoms with van der Waals surface area (Å²) in [6, 6.07) is 9.69. The maximum absolute atomic E-state index is 8.95. The minimum atomic E-state index is 0.442. The highest BCUT2D eigenvalue weighted by Gasteiger charge is 2.08. The average Bonchev–Trinajstić information content (AvgIpc) is 2.46. The van der Waals surface area contributed by atoms with Crippen molar-refractivity contribution in [3.05, 3.63) is 52.7 Å². The normalized spacial score (nSPS) is 9.90. The van der Waals surface area contributed by atoms with Gasteiger partial charge >= 0.3 is 0 Å². The summed E-state index contributed by atoms with van der Waals surface area (Å²) in [6.07, 6.45) is 1.74. The van der Waals surface area contributed by atoms with Gasteiger partial charge in [-0.25, -0.2) is 4.98 Å². The Kier molecular flexibility index (Phi) is 4.21. The van der Waals surface area contributed by atoms with Crippen molar-refractivity contribution in [2.24, 2.45) is 0 Å². The maximum atomic E-state index is 8.95. The van der Waals surface area contributed by atoms with Crippen molar-refractivity contribution in [3.8, 4) is 11.8 Å². The zero-order valence-electron chi connectivity index (χ0n) is 11.9. The molecule has 0 fully saturated rings. The van der Waals surface area contributed by atoms with Crippen LogP contribution in [0.1, 0.15) is 22.3 Å². The number of rotatable bonds is 4. The zero-order valence-corrected chi connectivity index (χ0v) is 11.9. The molecule has 0 spiro atoms. The Labute approximate surface area is 119 Å². The third kappa shape index (κ3) is 2.89. The molecule has 0 aliphatic heterocycles. The second kappa shape index (κ2) is 6.07. The molecule has 1 N–H and O–H groups in total. The van der Waals surface area contributed by atoms with Crippen LogP contribution in [0.25, 0.3) is 0 Å². The van der Waals surface area contributed by atoms with E-state index in [1.165, 1.54) is 0 Å². The fraction of sp³-hybridized carbons (Fsp3) is 0.250. The van der Waals surface area contributed by atoms with Gasteiger partial charge in [-0.3, -0.25) is 0 Å². The molecule has 1 aromatic heterocycles. The molecule has 0 aliphatic rings. The van der Waals surface area contributed by atoms with Gasteiger partial charge in [-0.2, -0.15) is 5.26 Å². The lowest BCUT2D eigenvalue weighted by Gasteiger charge is -2.14. The Morgan fingerprint density at radius 2 is 2.00 bits per heavy atom. The van der Waals surface area contributed by atoms with Crippen molar-refractivity contribution >= 4 is 5.82 Å². The van der Waals surface area contributed by atoms with E-state index < -0.39 is 0 Å². The smallest absolute Gasteiger partial charge is 0.132 e. The first-order chi connectivity index (χ1) is 9.65. The molecule has 4 nitrogen and oxygen atoms in total. The predicted molar refractivity (Wildman–Crippen MR) is 78.7 cm³/mol. The first-order valence-corrected chi connectivity index (χ1v) is 6.41. The van der Waals surface area contributed by atoms with Gasteiger partial charge < -0.3 is 10.1 Å². The minimum absolute atomic E-state index is 0.442. The number of aryl methyl sites for hydroxylation is 2.